The van der Waals surface area contributed by atoms with Gasteiger partial charge in [-0.25, -0.2) is 0 Å². The Balaban J connectivity index is 1.97. The maximum atomic E-state index is 6.21. The number of fused-ring (bicyclic) bond motifs is 1. The van der Waals surface area contributed by atoms with Crippen molar-refractivity contribution in [2.75, 3.05) is 19.0 Å². The second-order valence-electron chi connectivity index (χ2n) is 4.68. The van der Waals surface area contributed by atoms with E-state index in [4.69, 9.17) is 9.47 Å². The van der Waals surface area contributed by atoms with Crippen molar-refractivity contribution < 1.29 is 9.47 Å². The largest absolute Gasteiger partial charge is 0.493 e. The molecule has 0 atom stereocenters. The van der Waals surface area contributed by atoms with E-state index < -0.39 is 0 Å². The van der Waals surface area contributed by atoms with Crippen LogP contribution in [0, 0.1) is 0 Å². The monoisotopic (exact) mass is 219 g/mol. The van der Waals surface area contributed by atoms with Gasteiger partial charge in [0, 0.05) is 0 Å². The average Bonchev–Trinajstić information content (AvgIpc) is 2.77. The molecule has 1 aliphatic carbocycles. The molecule has 0 bridgehead atoms. The van der Waals surface area contributed by atoms with Gasteiger partial charge in [0.25, 0.3) is 0 Å². The molecule has 1 aromatic carbocycles. The molecular weight excluding hydrogens is 202 g/mol. The molecule has 1 aliphatic heterocycles. The Labute approximate surface area is 95.8 Å². The van der Waals surface area contributed by atoms with Crippen LogP contribution in [0.1, 0.15) is 25.7 Å². The summed E-state index contributed by atoms with van der Waals surface area (Å²) >= 11 is 0. The molecule has 0 unspecified atom stereocenters. The van der Waals surface area contributed by atoms with Crippen molar-refractivity contribution in [1.82, 2.24) is 0 Å². The van der Waals surface area contributed by atoms with E-state index in [0.29, 0.717) is 0 Å². The van der Waals surface area contributed by atoms with E-state index in [1.165, 1.54) is 12.8 Å². The van der Waals surface area contributed by atoms with Crippen molar-refractivity contribution in [3.63, 3.8) is 0 Å². The predicted molar refractivity (Wildman–Crippen MR) is 63.3 cm³/mol. The lowest BCUT2D eigenvalue weighted by Gasteiger charge is -2.36. The first kappa shape index (κ1) is 9.82. The lowest BCUT2D eigenvalue weighted by molar-refractivity contribution is 0.0791. The normalized spacial score (nSPS) is 21.1. The van der Waals surface area contributed by atoms with E-state index in [2.05, 4.69) is 5.32 Å². The van der Waals surface area contributed by atoms with Crippen LogP contribution in [0.3, 0.4) is 0 Å². The summed E-state index contributed by atoms with van der Waals surface area (Å²) in [6, 6.07) is 5.98. The molecule has 0 saturated heterocycles. The maximum absolute atomic E-state index is 6.21. The van der Waals surface area contributed by atoms with Crippen molar-refractivity contribution >= 4 is 5.69 Å². The van der Waals surface area contributed by atoms with Crippen LogP contribution in [-0.2, 0) is 0 Å². The molecule has 86 valence electrons. The molecule has 16 heavy (non-hydrogen) atoms. The SMILES string of the molecule is COc1cccc2c1OC1(CCCC1)CN2. The summed E-state index contributed by atoms with van der Waals surface area (Å²) in [6.07, 6.45) is 4.84. The molecule has 3 heteroatoms. The Kier molecular flexibility index (Phi) is 2.20. The first-order chi connectivity index (χ1) is 7.83. The van der Waals surface area contributed by atoms with Crippen LogP contribution in [0.15, 0.2) is 18.2 Å². The summed E-state index contributed by atoms with van der Waals surface area (Å²) < 4.78 is 11.6. The molecule has 1 saturated carbocycles. The zero-order chi connectivity index (χ0) is 11.0. The van der Waals surface area contributed by atoms with Crippen LogP contribution in [0.4, 0.5) is 5.69 Å². The molecule has 3 nitrogen and oxygen atoms in total. The fourth-order valence-corrected chi connectivity index (χ4v) is 2.73. The van der Waals surface area contributed by atoms with Gasteiger partial charge in [-0.2, -0.15) is 0 Å². The third-order valence-electron chi connectivity index (χ3n) is 3.63. The number of nitrogens with one attached hydrogen (secondary N) is 1. The van der Waals surface area contributed by atoms with Gasteiger partial charge in [-0.15, -0.1) is 0 Å². The summed E-state index contributed by atoms with van der Waals surface area (Å²) in [5.41, 5.74) is 1.07. The van der Waals surface area contributed by atoms with Crippen LogP contribution in [0.5, 0.6) is 11.5 Å². The molecule has 1 fully saturated rings. The molecule has 1 N–H and O–H groups in total. The van der Waals surface area contributed by atoms with Gasteiger partial charge < -0.3 is 14.8 Å². The highest BCUT2D eigenvalue weighted by atomic mass is 16.5. The van der Waals surface area contributed by atoms with Crippen molar-refractivity contribution in [3.8, 4) is 11.5 Å². The van der Waals surface area contributed by atoms with Gasteiger partial charge in [-0.05, 0) is 37.8 Å². The van der Waals surface area contributed by atoms with E-state index >= 15 is 0 Å². The van der Waals surface area contributed by atoms with E-state index in [-0.39, 0.29) is 5.60 Å². The molecular formula is C13H17NO2. The van der Waals surface area contributed by atoms with Gasteiger partial charge in [-0.1, -0.05) is 6.07 Å². The van der Waals surface area contributed by atoms with Crippen molar-refractivity contribution in [3.05, 3.63) is 18.2 Å². The number of methoxy groups -OCH3 is 1. The molecule has 0 radical (unpaired) electrons. The maximum Gasteiger partial charge on any atom is 0.185 e. The smallest absolute Gasteiger partial charge is 0.185 e. The number of hydrogen-bond acceptors (Lipinski definition) is 3. The minimum Gasteiger partial charge on any atom is -0.493 e. The van der Waals surface area contributed by atoms with Gasteiger partial charge in [0.2, 0.25) is 0 Å². The summed E-state index contributed by atoms with van der Waals surface area (Å²) in [5.74, 6) is 1.72. The van der Waals surface area contributed by atoms with Crippen LogP contribution in [0.2, 0.25) is 0 Å². The van der Waals surface area contributed by atoms with E-state index in [1.54, 1.807) is 7.11 Å². The van der Waals surface area contributed by atoms with Crippen molar-refractivity contribution in [1.29, 1.82) is 0 Å². The van der Waals surface area contributed by atoms with Crippen molar-refractivity contribution in [2.24, 2.45) is 0 Å². The van der Waals surface area contributed by atoms with Crippen molar-refractivity contribution in [2.45, 2.75) is 31.3 Å². The Bertz CT molecular complexity index is 383. The highest BCUT2D eigenvalue weighted by molar-refractivity contribution is 5.65. The second kappa shape index (κ2) is 3.58. The average molecular weight is 219 g/mol. The number of benzene rings is 1. The van der Waals surface area contributed by atoms with Gasteiger partial charge in [0.15, 0.2) is 11.5 Å². The molecule has 0 amide bonds. The lowest BCUT2D eigenvalue weighted by Crippen LogP contribution is -2.43. The van der Waals surface area contributed by atoms with Gasteiger partial charge in [0.05, 0.1) is 19.3 Å². The van der Waals surface area contributed by atoms with Crippen LogP contribution in [0.25, 0.3) is 0 Å². The Morgan fingerprint density at radius 2 is 2.12 bits per heavy atom. The quantitative estimate of drug-likeness (QED) is 0.787. The fraction of sp³-hybridized carbons (Fsp3) is 0.538. The van der Waals surface area contributed by atoms with E-state index in [0.717, 1.165) is 36.6 Å². The van der Waals surface area contributed by atoms with Crippen LogP contribution < -0.4 is 14.8 Å². The summed E-state index contributed by atoms with van der Waals surface area (Å²) in [5, 5.41) is 3.47. The standard InChI is InChI=1S/C13H17NO2/c1-15-11-6-4-5-10-12(11)16-13(9-14-10)7-2-3-8-13/h4-6,14H,2-3,7-9H2,1H3. The minimum absolute atomic E-state index is 0.0155. The zero-order valence-electron chi connectivity index (χ0n) is 9.58. The Hall–Kier alpha value is -1.38. The molecule has 0 aromatic heterocycles. The van der Waals surface area contributed by atoms with Crippen LogP contribution >= 0.6 is 0 Å². The Morgan fingerprint density at radius 3 is 2.88 bits per heavy atom. The lowest BCUT2D eigenvalue weighted by atomic mass is 10.00. The first-order valence-corrected chi connectivity index (χ1v) is 5.93. The third kappa shape index (κ3) is 1.42. The Morgan fingerprint density at radius 1 is 1.31 bits per heavy atom. The predicted octanol–water partition coefficient (Wildman–Crippen LogP) is 2.81. The van der Waals surface area contributed by atoms with Gasteiger partial charge >= 0.3 is 0 Å². The molecule has 1 spiro atoms. The number of rotatable bonds is 1. The topological polar surface area (TPSA) is 30.5 Å². The summed E-state index contributed by atoms with van der Waals surface area (Å²) in [6.45, 7) is 0.924. The van der Waals surface area contributed by atoms with Crippen LogP contribution in [-0.4, -0.2) is 19.3 Å². The number of hydrogen-bond donors (Lipinski definition) is 1. The summed E-state index contributed by atoms with van der Waals surface area (Å²) in [7, 11) is 1.69. The van der Waals surface area contributed by atoms with E-state index in [9.17, 15) is 0 Å². The molecule has 2 aliphatic rings. The second-order valence-corrected chi connectivity index (χ2v) is 4.68. The summed E-state index contributed by atoms with van der Waals surface area (Å²) in [4.78, 5) is 0. The molecule has 3 rings (SSSR count). The number of para-hydroxylation sites is 1. The minimum atomic E-state index is 0.0155. The van der Waals surface area contributed by atoms with Gasteiger partial charge in [0.1, 0.15) is 5.60 Å². The third-order valence-corrected chi connectivity index (χ3v) is 3.63. The van der Waals surface area contributed by atoms with E-state index in [1.807, 2.05) is 18.2 Å². The molecule has 1 heterocycles. The highest BCUT2D eigenvalue weighted by Gasteiger charge is 2.40. The van der Waals surface area contributed by atoms with Gasteiger partial charge in [-0.3, -0.25) is 0 Å². The molecule has 1 aromatic rings. The zero-order valence-corrected chi connectivity index (χ0v) is 9.58. The number of ether oxygens (including phenoxy) is 2. The highest BCUT2D eigenvalue weighted by Crippen LogP contribution is 2.45. The fourth-order valence-electron chi connectivity index (χ4n) is 2.73. The first-order valence-electron chi connectivity index (χ1n) is 5.93. The number of anilines is 1.